The predicted molar refractivity (Wildman–Crippen MR) is 51.2 cm³/mol. The fourth-order valence-electron chi connectivity index (χ4n) is 0.396. The molecule has 0 N–H and O–H groups in total. The Labute approximate surface area is 79.0 Å². The maximum absolute atomic E-state index is 9.83. The number of aromatic nitrogens is 3. The van der Waals surface area contributed by atoms with Crippen LogP contribution in [-0.2, 0) is 11.3 Å². The van der Waals surface area contributed by atoms with E-state index in [1.54, 1.807) is 11.0 Å². The van der Waals surface area contributed by atoms with Crippen molar-refractivity contribution >= 4 is 6.29 Å². The van der Waals surface area contributed by atoms with Crippen molar-refractivity contribution in [2.45, 2.75) is 34.2 Å². The highest BCUT2D eigenvalue weighted by Crippen LogP contribution is 2.05. The maximum atomic E-state index is 9.83. The Morgan fingerprint density at radius 1 is 1.46 bits per heavy atom. The van der Waals surface area contributed by atoms with Crippen LogP contribution in [0.4, 0.5) is 0 Å². The van der Waals surface area contributed by atoms with Crippen LogP contribution in [0, 0.1) is 5.41 Å². The lowest BCUT2D eigenvalue weighted by molar-refractivity contribution is -0.113. The molecule has 0 aliphatic carbocycles. The van der Waals surface area contributed by atoms with Crippen LogP contribution in [0.1, 0.15) is 27.7 Å². The zero-order valence-corrected chi connectivity index (χ0v) is 8.69. The Balaban J connectivity index is 0.000000226. The SMILES string of the molecule is CC(C)(C)C=O.CCn1cncn1. The number of carbonyl (C=O) groups excluding carboxylic acids is 1. The molecule has 0 aliphatic rings. The summed E-state index contributed by atoms with van der Waals surface area (Å²) >= 11 is 0. The van der Waals surface area contributed by atoms with Crippen LogP contribution in [0.15, 0.2) is 12.7 Å². The molecule has 0 spiro atoms. The van der Waals surface area contributed by atoms with E-state index in [4.69, 9.17) is 0 Å². The molecule has 0 atom stereocenters. The molecule has 1 aromatic heterocycles. The van der Waals surface area contributed by atoms with Gasteiger partial charge < -0.3 is 4.79 Å². The number of aryl methyl sites for hydroxylation is 1. The van der Waals surface area contributed by atoms with Gasteiger partial charge in [-0.1, -0.05) is 20.8 Å². The molecule has 0 fully saturated rings. The third kappa shape index (κ3) is 7.18. The fourth-order valence-corrected chi connectivity index (χ4v) is 0.396. The second kappa shape index (κ2) is 5.45. The van der Waals surface area contributed by atoms with E-state index < -0.39 is 0 Å². The van der Waals surface area contributed by atoms with Crippen LogP contribution < -0.4 is 0 Å². The average Bonchev–Trinajstić information content (AvgIpc) is 2.56. The van der Waals surface area contributed by atoms with E-state index in [1.807, 2.05) is 27.7 Å². The van der Waals surface area contributed by atoms with Crippen LogP contribution in [0.3, 0.4) is 0 Å². The maximum Gasteiger partial charge on any atom is 0.137 e. The minimum Gasteiger partial charge on any atom is -0.303 e. The average molecular weight is 183 g/mol. The standard InChI is InChI=1S/C5H10O.C4H7N3/c1-5(2,3)4-6;1-2-7-4-5-3-6-7/h4H,1-3H3;3-4H,2H2,1H3. The molecular formula is C9H17N3O. The first-order valence-electron chi connectivity index (χ1n) is 4.28. The molecule has 1 heterocycles. The van der Waals surface area contributed by atoms with Gasteiger partial charge in [0.15, 0.2) is 0 Å². The van der Waals surface area contributed by atoms with Gasteiger partial charge in [-0.05, 0) is 6.92 Å². The summed E-state index contributed by atoms with van der Waals surface area (Å²) < 4.78 is 1.76. The van der Waals surface area contributed by atoms with Crippen molar-refractivity contribution in [2.24, 2.45) is 5.41 Å². The number of rotatable bonds is 1. The fraction of sp³-hybridized carbons (Fsp3) is 0.667. The molecule has 0 saturated heterocycles. The zero-order chi connectivity index (χ0) is 10.3. The molecule has 0 bridgehead atoms. The van der Waals surface area contributed by atoms with Gasteiger partial charge >= 0.3 is 0 Å². The van der Waals surface area contributed by atoms with Crippen LogP contribution in [0.25, 0.3) is 0 Å². The smallest absolute Gasteiger partial charge is 0.137 e. The van der Waals surface area contributed by atoms with Gasteiger partial charge in [0.25, 0.3) is 0 Å². The molecular weight excluding hydrogens is 166 g/mol. The van der Waals surface area contributed by atoms with Crippen LogP contribution in [0.5, 0.6) is 0 Å². The zero-order valence-electron chi connectivity index (χ0n) is 8.69. The van der Waals surface area contributed by atoms with Crippen molar-refractivity contribution in [3.05, 3.63) is 12.7 Å². The molecule has 1 aromatic rings. The predicted octanol–water partition coefficient (Wildman–Crippen LogP) is 1.53. The van der Waals surface area contributed by atoms with Crippen molar-refractivity contribution in [1.82, 2.24) is 14.8 Å². The largest absolute Gasteiger partial charge is 0.303 e. The van der Waals surface area contributed by atoms with Gasteiger partial charge in [-0.15, -0.1) is 0 Å². The van der Waals surface area contributed by atoms with Gasteiger partial charge in [0, 0.05) is 12.0 Å². The molecule has 1 rings (SSSR count). The Kier molecular flexibility index (Phi) is 4.96. The molecule has 0 radical (unpaired) electrons. The highest BCUT2D eigenvalue weighted by molar-refractivity contribution is 5.56. The lowest BCUT2D eigenvalue weighted by atomic mass is 10.0. The molecule has 0 amide bonds. The first-order chi connectivity index (χ1) is 5.99. The normalized spacial score (nSPS) is 10.2. The van der Waals surface area contributed by atoms with Gasteiger partial charge in [0.1, 0.15) is 18.9 Å². The Bertz CT molecular complexity index is 224. The highest BCUT2D eigenvalue weighted by Gasteiger charge is 2.04. The molecule has 0 aliphatic heterocycles. The van der Waals surface area contributed by atoms with Crippen molar-refractivity contribution in [2.75, 3.05) is 0 Å². The molecule has 0 aromatic carbocycles. The summed E-state index contributed by atoms with van der Waals surface area (Å²) in [5.41, 5.74) is -0.139. The van der Waals surface area contributed by atoms with Gasteiger partial charge in [0.2, 0.25) is 0 Å². The Morgan fingerprint density at radius 2 is 2.00 bits per heavy atom. The van der Waals surface area contributed by atoms with Crippen molar-refractivity contribution < 1.29 is 4.79 Å². The van der Waals surface area contributed by atoms with Crippen molar-refractivity contribution in [3.63, 3.8) is 0 Å². The highest BCUT2D eigenvalue weighted by atomic mass is 16.1. The van der Waals surface area contributed by atoms with Gasteiger partial charge in [0.05, 0.1) is 0 Å². The lowest BCUT2D eigenvalue weighted by Crippen LogP contribution is -2.04. The number of hydrogen-bond acceptors (Lipinski definition) is 3. The topological polar surface area (TPSA) is 47.8 Å². The number of nitrogens with zero attached hydrogens (tertiary/aromatic N) is 3. The summed E-state index contributed by atoms with van der Waals surface area (Å²) in [5, 5.41) is 3.84. The third-order valence-electron chi connectivity index (χ3n) is 1.14. The quantitative estimate of drug-likeness (QED) is 0.620. The van der Waals surface area contributed by atoms with Crippen molar-refractivity contribution in [3.8, 4) is 0 Å². The van der Waals surface area contributed by atoms with Crippen molar-refractivity contribution in [1.29, 1.82) is 0 Å². The molecule has 0 saturated carbocycles. The summed E-state index contributed by atoms with van der Waals surface area (Å²) in [6, 6.07) is 0. The second-order valence-corrected chi connectivity index (χ2v) is 3.74. The van der Waals surface area contributed by atoms with Crippen LogP contribution in [0.2, 0.25) is 0 Å². The monoisotopic (exact) mass is 183 g/mol. The van der Waals surface area contributed by atoms with Gasteiger partial charge in [-0.2, -0.15) is 5.10 Å². The Morgan fingerprint density at radius 3 is 2.15 bits per heavy atom. The van der Waals surface area contributed by atoms with E-state index in [1.165, 1.54) is 6.33 Å². The van der Waals surface area contributed by atoms with E-state index >= 15 is 0 Å². The summed E-state index contributed by atoms with van der Waals surface area (Å²) in [7, 11) is 0. The minimum atomic E-state index is -0.139. The number of hydrogen-bond donors (Lipinski definition) is 0. The van der Waals surface area contributed by atoms with E-state index in [-0.39, 0.29) is 5.41 Å². The third-order valence-corrected chi connectivity index (χ3v) is 1.14. The molecule has 13 heavy (non-hydrogen) atoms. The first kappa shape index (κ1) is 11.8. The van der Waals surface area contributed by atoms with Gasteiger partial charge in [-0.3, -0.25) is 4.68 Å². The lowest BCUT2D eigenvalue weighted by Gasteiger charge is -2.03. The minimum absolute atomic E-state index is 0.139. The van der Waals surface area contributed by atoms with E-state index in [0.29, 0.717) is 0 Å². The summed E-state index contributed by atoms with van der Waals surface area (Å²) in [6.07, 6.45) is 4.16. The Hall–Kier alpha value is -1.19. The number of aldehydes is 1. The van der Waals surface area contributed by atoms with E-state index in [2.05, 4.69) is 10.1 Å². The number of carbonyl (C=O) groups is 1. The van der Waals surface area contributed by atoms with Crippen LogP contribution in [-0.4, -0.2) is 21.1 Å². The molecule has 4 nitrogen and oxygen atoms in total. The summed E-state index contributed by atoms with van der Waals surface area (Å²) in [5.74, 6) is 0. The van der Waals surface area contributed by atoms with Crippen LogP contribution >= 0.6 is 0 Å². The molecule has 4 heteroatoms. The van der Waals surface area contributed by atoms with E-state index in [9.17, 15) is 4.79 Å². The molecule has 0 unspecified atom stereocenters. The molecule has 74 valence electrons. The van der Waals surface area contributed by atoms with E-state index in [0.717, 1.165) is 12.8 Å². The summed E-state index contributed by atoms with van der Waals surface area (Å²) in [4.78, 5) is 13.6. The second-order valence-electron chi connectivity index (χ2n) is 3.74. The summed E-state index contributed by atoms with van der Waals surface area (Å²) in [6.45, 7) is 8.55. The van der Waals surface area contributed by atoms with Gasteiger partial charge in [-0.25, -0.2) is 4.98 Å². The first-order valence-corrected chi connectivity index (χ1v) is 4.28.